The van der Waals surface area contributed by atoms with Gasteiger partial charge in [0.05, 0.1) is 45.5 Å². The number of aromatic nitrogens is 5. The summed E-state index contributed by atoms with van der Waals surface area (Å²) < 4.78 is 246. The first-order chi connectivity index (χ1) is 42.0. The van der Waals surface area contributed by atoms with Gasteiger partial charge >= 0.3 is 27.8 Å². The van der Waals surface area contributed by atoms with Crippen molar-refractivity contribution in [1.29, 1.82) is 0 Å². The van der Waals surface area contributed by atoms with E-state index in [1.807, 2.05) is 4.72 Å². The van der Waals surface area contributed by atoms with Crippen LogP contribution in [0.25, 0.3) is 22.0 Å². The number of benzene rings is 3. The molecule has 3 heterocycles. The first-order valence-electron chi connectivity index (χ1n) is 27.7. The highest BCUT2D eigenvalue weighted by Gasteiger charge is 2.68. The van der Waals surface area contributed by atoms with Gasteiger partial charge in [0, 0.05) is 57.7 Å². The van der Waals surface area contributed by atoms with Crippen LogP contribution >= 0.6 is 27.0 Å². The number of nitrogens with zero attached hydrogens (tertiary/aromatic N) is 5. The lowest BCUT2D eigenvalue weighted by molar-refractivity contribution is -0.143. The molecule has 6 aromatic rings. The molecule has 3 aromatic carbocycles. The number of fused-ring (bicyclic) bond motifs is 4. The molecule has 0 radical (unpaired) electrons. The van der Waals surface area contributed by atoms with E-state index < -0.39 is 199 Å². The van der Waals surface area contributed by atoms with Crippen LogP contribution in [-0.2, 0) is 90.4 Å². The third kappa shape index (κ3) is 15.9. The second kappa shape index (κ2) is 25.0. The van der Waals surface area contributed by atoms with Gasteiger partial charge in [-0.05, 0) is 127 Å². The van der Waals surface area contributed by atoms with Crippen LogP contribution in [0.2, 0.25) is 5.02 Å². The molecule has 0 aliphatic heterocycles. The molecule has 0 unspecified atom stereocenters. The maximum atomic E-state index is 15.7. The van der Waals surface area contributed by atoms with Crippen molar-refractivity contribution in [3.63, 3.8) is 0 Å². The van der Waals surface area contributed by atoms with Gasteiger partial charge in [0.2, 0.25) is 21.8 Å². The fourth-order valence-electron chi connectivity index (χ4n) is 11.0. The molecule has 3 aromatic heterocycles. The molecule has 3 atom stereocenters. The third-order valence-corrected chi connectivity index (χ3v) is 21.0. The first-order valence-corrected chi connectivity index (χ1v) is 34.7. The zero-order valence-corrected chi connectivity index (χ0v) is 54.5. The Kier molecular flexibility index (Phi) is 19.4. The van der Waals surface area contributed by atoms with Gasteiger partial charge in [0.25, 0.3) is 5.92 Å². The van der Waals surface area contributed by atoms with E-state index in [1.54, 1.807) is 27.7 Å². The van der Waals surface area contributed by atoms with Crippen molar-refractivity contribution < 1.29 is 103 Å². The standard InChI is InChI=1S/C57H60ClF10N7O13P2S2/c1-28(2)86-89(78,87-29(3)4)35-17-30(5)48(43(22-35)88-90(79,80)81)53(6,7)24-44(76)73-92(84,85)26-42-47-40(58)14-13-37(50(47)75(71-42)27-55(61,62)63)36-12-11-34(15-16-54(8,9)91(10,82)83)69-49(36)41(20-31-18-32(59)21-33(60)19-31)70-45(77)25-74-52-46(51(72-74)57(66,67)68)38-23-39(38)56(52,64)65/h11-14,17-19,21-22,28-29,38-39,41H,20,23-27H2,1-10H3,(H,70,77)(H,73,76)(H2,79,80,81)/t38-,39+,41-/m0/s1. The number of amides is 2. The van der Waals surface area contributed by atoms with Gasteiger partial charge in [-0.2, -0.15) is 45.3 Å². The average molecular weight is 1400 g/mol. The molecule has 20 nitrogen and oxygen atoms in total. The first kappa shape index (κ1) is 71.4. The minimum absolute atomic E-state index is 0.0908. The molecule has 0 saturated heterocycles. The predicted molar refractivity (Wildman–Crippen MR) is 315 cm³/mol. The molecular formula is C57H60ClF10N7O13P2S2. The fourth-order valence-corrected chi connectivity index (χ4v) is 15.0. The van der Waals surface area contributed by atoms with E-state index in [-0.39, 0.29) is 49.9 Å². The van der Waals surface area contributed by atoms with Crippen molar-refractivity contribution in [2.75, 3.05) is 6.26 Å². The Hall–Kier alpha value is -6.42. The highest BCUT2D eigenvalue weighted by atomic mass is 35.5. The fraction of sp³-hybridized carbons (Fsp3) is 0.456. The van der Waals surface area contributed by atoms with Gasteiger partial charge in [-0.15, -0.1) is 0 Å². The Morgan fingerprint density at radius 1 is 0.870 bits per heavy atom. The summed E-state index contributed by atoms with van der Waals surface area (Å²) in [5, 5.41) is 8.68. The van der Waals surface area contributed by atoms with E-state index in [2.05, 4.69) is 32.3 Å². The van der Waals surface area contributed by atoms with Gasteiger partial charge in [0.1, 0.15) is 52.4 Å². The number of phosphoric acid groups is 1. The van der Waals surface area contributed by atoms with Crippen molar-refractivity contribution in [2.45, 2.75) is 153 Å². The zero-order chi connectivity index (χ0) is 68.8. The molecule has 2 aliphatic rings. The van der Waals surface area contributed by atoms with Crippen LogP contribution in [-0.4, -0.2) is 92.4 Å². The molecule has 0 bridgehead atoms. The number of carbonyl (C=O) groups excluding carboxylic acids is 2. The van der Waals surface area contributed by atoms with Crippen molar-refractivity contribution in [1.82, 2.24) is 34.6 Å². The van der Waals surface area contributed by atoms with E-state index in [0.29, 0.717) is 10.7 Å². The summed E-state index contributed by atoms with van der Waals surface area (Å²) in [5.74, 6) is -8.54. The number of rotatable bonds is 22. The SMILES string of the molecule is Cc1cc(P(=O)(OC(C)C)OC(C)C)cc(OP(=O)(O)O)c1C(C)(C)CC(=O)NS(=O)(=O)Cc1nn(CC(F)(F)F)c2c(-c3ccc(C#CC(C)(C)S(C)(=O)=O)nc3[C@H](Cc3cc(F)cc(F)c3)NC(=O)Cn3nc(C(F)(F)F)c4c3C(F)(F)[C@@H]3C[C@H]43)ccc(Cl)c12. The quantitative estimate of drug-likeness (QED) is 0.0279. The monoisotopic (exact) mass is 1400 g/mol. The van der Waals surface area contributed by atoms with Crippen molar-refractivity contribution >= 4 is 74.9 Å². The van der Waals surface area contributed by atoms with E-state index in [9.17, 15) is 80.5 Å². The van der Waals surface area contributed by atoms with Crippen LogP contribution in [0.15, 0.2) is 54.6 Å². The number of hydrogen-bond acceptors (Lipinski definition) is 14. The van der Waals surface area contributed by atoms with Crippen molar-refractivity contribution in [3.05, 3.63) is 122 Å². The molecule has 1 saturated carbocycles. The topological polar surface area (TPSA) is 277 Å². The summed E-state index contributed by atoms with van der Waals surface area (Å²) in [6.07, 6.45) is -12.8. The molecule has 2 amide bonds. The Balaban J connectivity index is 1.24. The lowest BCUT2D eigenvalue weighted by Gasteiger charge is -2.30. The summed E-state index contributed by atoms with van der Waals surface area (Å²) in [7, 11) is -18.8. The molecule has 2 aliphatic carbocycles. The van der Waals surface area contributed by atoms with E-state index >= 15 is 8.78 Å². The highest BCUT2D eigenvalue weighted by Crippen LogP contribution is 2.68. The number of sulfonamides is 1. The smallest absolute Gasteiger partial charge is 0.404 e. The zero-order valence-electron chi connectivity index (χ0n) is 50.3. The van der Waals surface area contributed by atoms with Crippen LogP contribution in [0.1, 0.15) is 131 Å². The number of halogens is 11. The van der Waals surface area contributed by atoms with Crippen molar-refractivity contribution in [2.24, 2.45) is 5.92 Å². The lowest BCUT2D eigenvalue weighted by atomic mass is 9.78. The number of sulfone groups is 1. The highest BCUT2D eigenvalue weighted by molar-refractivity contribution is 7.92. The van der Waals surface area contributed by atoms with Crippen LogP contribution in [0, 0.1) is 36.3 Å². The summed E-state index contributed by atoms with van der Waals surface area (Å²) in [6.45, 7) is 9.45. The Morgan fingerprint density at radius 2 is 1.48 bits per heavy atom. The molecule has 8 rings (SSSR count). The molecule has 1 fully saturated rings. The number of carbonyl (C=O) groups is 2. The normalized spacial score (nSPS) is 16.5. The van der Waals surface area contributed by atoms with Crippen LogP contribution in [0.4, 0.5) is 43.9 Å². The third-order valence-electron chi connectivity index (χ3n) is 14.8. The Bertz CT molecular complexity index is 4340. The number of pyridine rings is 1. The molecule has 35 heteroatoms. The number of aryl methyl sites for hydroxylation is 1. The van der Waals surface area contributed by atoms with Crippen LogP contribution < -0.4 is 19.9 Å². The minimum Gasteiger partial charge on any atom is -0.404 e. The van der Waals surface area contributed by atoms with Crippen LogP contribution in [0.5, 0.6) is 5.75 Å². The van der Waals surface area contributed by atoms with E-state index in [4.69, 9.17) is 25.2 Å². The molecule has 500 valence electrons. The number of phosphoric ester groups is 1. The van der Waals surface area contributed by atoms with Gasteiger partial charge < -0.3 is 18.9 Å². The lowest BCUT2D eigenvalue weighted by Crippen LogP contribution is -2.36. The maximum absolute atomic E-state index is 15.7. The van der Waals surface area contributed by atoms with E-state index in [0.717, 1.165) is 48.7 Å². The second-order valence-electron chi connectivity index (χ2n) is 24.0. The summed E-state index contributed by atoms with van der Waals surface area (Å²) in [5.41, 5.74) is -8.39. The predicted octanol–water partition coefficient (Wildman–Crippen LogP) is 11.1. The minimum atomic E-state index is -5.45. The number of hydrogen-bond donors (Lipinski definition) is 4. The summed E-state index contributed by atoms with van der Waals surface area (Å²) in [6, 6.07) is 6.95. The number of nitrogens with one attached hydrogen (secondary N) is 2. The largest absolute Gasteiger partial charge is 0.524 e. The van der Waals surface area contributed by atoms with Gasteiger partial charge in [-0.25, -0.2) is 35.2 Å². The molecule has 0 spiro atoms. The summed E-state index contributed by atoms with van der Waals surface area (Å²) in [4.78, 5) is 52.8. The van der Waals surface area contributed by atoms with Gasteiger partial charge in [0.15, 0.2) is 15.5 Å². The molecule has 4 N–H and O–H groups in total. The Morgan fingerprint density at radius 3 is 2.04 bits per heavy atom. The number of alkyl halides is 8. The van der Waals surface area contributed by atoms with E-state index in [1.165, 1.54) is 40.7 Å². The van der Waals surface area contributed by atoms with Crippen LogP contribution in [0.3, 0.4) is 0 Å². The molecular weight excluding hydrogens is 1340 g/mol. The average Bonchev–Trinajstić information content (AvgIpc) is 1.52. The van der Waals surface area contributed by atoms with Gasteiger partial charge in [-0.1, -0.05) is 37.4 Å². The second-order valence-corrected chi connectivity index (χ2v) is 31.8. The van der Waals surface area contributed by atoms with Gasteiger partial charge in [-0.3, -0.25) is 38.0 Å². The molecule has 92 heavy (non-hydrogen) atoms. The maximum Gasteiger partial charge on any atom is 0.524 e. The Labute approximate surface area is 525 Å². The summed E-state index contributed by atoms with van der Waals surface area (Å²) >= 11 is 6.73. The van der Waals surface area contributed by atoms with Crippen molar-refractivity contribution in [3.8, 4) is 28.7 Å².